The van der Waals surface area contributed by atoms with Crippen molar-refractivity contribution in [2.75, 3.05) is 6.61 Å². The predicted molar refractivity (Wildman–Crippen MR) is 102 cm³/mol. The number of hydrogen-bond donors (Lipinski definition) is 1. The number of halogens is 3. The van der Waals surface area contributed by atoms with Crippen molar-refractivity contribution >= 4 is 5.91 Å². The van der Waals surface area contributed by atoms with Crippen LogP contribution >= 0.6 is 0 Å². The molecule has 5 nitrogen and oxygen atoms in total. The average Bonchev–Trinajstić information content (AvgIpc) is 2.98. The van der Waals surface area contributed by atoms with Crippen LogP contribution in [-0.2, 0) is 17.5 Å². The zero-order valence-corrected chi connectivity index (χ0v) is 16.0. The lowest BCUT2D eigenvalue weighted by Crippen LogP contribution is -2.28. The van der Waals surface area contributed by atoms with Crippen LogP contribution in [-0.4, -0.2) is 22.3 Å². The minimum atomic E-state index is -4.46. The fourth-order valence-electron chi connectivity index (χ4n) is 2.90. The number of aromatic nitrogens is 2. The van der Waals surface area contributed by atoms with Crippen LogP contribution in [0.25, 0.3) is 5.69 Å². The minimum absolute atomic E-state index is 0.0146. The van der Waals surface area contributed by atoms with E-state index in [1.54, 1.807) is 4.68 Å². The standard InChI is InChI=1S/C21H20F3N3O2/c1-14-19(15(2)27(26-14)17-8-4-3-5-9-17)12-25-20(28)13-29-18-10-6-7-16(11-18)21(22,23)24/h3-11H,12-13H2,1-2H3,(H,25,28). The summed E-state index contributed by atoms with van der Waals surface area (Å²) < 4.78 is 45.2. The summed E-state index contributed by atoms with van der Waals surface area (Å²) in [5.41, 5.74) is 2.65. The third-order valence-corrected chi connectivity index (χ3v) is 4.44. The molecule has 0 atom stereocenters. The van der Waals surface area contributed by atoms with Crippen LogP contribution in [0.2, 0.25) is 0 Å². The number of carbonyl (C=O) groups is 1. The van der Waals surface area contributed by atoms with Crippen molar-refractivity contribution in [1.82, 2.24) is 15.1 Å². The van der Waals surface area contributed by atoms with Gasteiger partial charge in [0.05, 0.1) is 16.9 Å². The fourth-order valence-corrected chi connectivity index (χ4v) is 2.90. The first-order chi connectivity index (χ1) is 13.8. The first kappa shape index (κ1) is 20.4. The molecule has 8 heteroatoms. The molecule has 152 valence electrons. The molecule has 0 aliphatic carbocycles. The Kier molecular flexibility index (Phi) is 5.91. The molecule has 29 heavy (non-hydrogen) atoms. The third kappa shape index (κ3) is 4.96. The Morgan fingerprint density at radius 1 is 1.10 bits per heavy atom. The van der Waals surface area contributed by atoms with Gasteiger partial charge in [-0.25, -0.2) is 4.68 Å². The predicted octanol–water partition coefficient (Wildman–Crippen LogP) is 4.20. The highest BCUT2D eigenvalue weighted by molar-refractivity contribution is 5.77. The monoisotopic (exact) mass is 403 g/mol. The molecule has 1 N–H and O–H groups in total. The van der Waals surface area contributed by atoms with Gasteiger partial charge in [0.2, 0.25) is 0 Å². The lowest BCUT2D eigenvalue weighted by atomic mass is 10.2. The second-order valence-electron chi connectivity index (χ2n) is 6.49. The Hall–Kier alpha value is -3.29. The van der Waals surface area contributed by atoms with Crippen molar-refractivity contribution in [2.24, 2.45) is 0 Å². The second kappa shape index (κ2) is 8.38. The summed E-state index contributed by atoms with van der Waals surface area (Å²) >= 11 is 0. The summed E-state index contributed by atoms with van der Waals surface area (Å²) in [7, 11) is 0. The number of aryl methyl sites for hydroxylation is 1. The van der Waals surface area contributed by atoms with Crippen LogP contribution in [0.5, 0.6) is 5.75 Å². The Bertz CT molecular complexity index is 998. The molecule has 0 aliphatic rings. The Morgan fingerprint density at radius 2 is 1.83 bits per heavy atom. The number of carbonyl (C=O) groups excluding carboxylic acids is 1. The van der Waals surface area contributed by atoms with E-state index in [0.717, 1.165) is 34.8 Å². The SMILES string of the molecule is Cc1nn(-c2ccccc2)c(C)c1CNC(=O)COc1cccc(C(F)(F)F)c1. The number of benzene rings is 2. The van der Waals surface area contributed by atoms with Gasteiger partial charge in [-0.3, -0.25) is 4.79 Å². The van der Waals surface area contributed by atoms with Gasteiger partial charge in [-0.1, -0.05) is 24.3 Å². The van der Waals surface area contributed by atoms with Crippen molar-refractivity contribution in [2.45, 2.75) is 26.6 Å². The Morgan fingerprint density at radius 3 is 2.52 bits per heavy atom. The lowest BCUT2D eigenvalue weighted by Gasteiger charge is -2.11. The van der Waals surface area contributed by atoms with Gasteiger partial charge >= 0.3 is 6.18 Å². The number of hydrogen-bond acceptors (Lipinski definition) is 3. The maximum Gasteiger partial charge on any atom is 0.416 e. The topological polar surface area (TPSA) is 56.2 Å². The number of nitrogens with zero attached hydrogens (tertiary/aromatic N) is 2. The molecule has 0 unspecified atom stereocenters. The van der Waals surface area contributed by atoms with Crippen LogP contribution in [0.4, 0.5) is 13.2 Å². The number of nitrogens with one attached hydrogen (secondary N) is 1. The third-order valence-electron chi connectivity index (χ3n) is 4.44. The lowest BCUT2D eigenvalue weighted by molar-refractivity contribution is -0.137. The highest BCUT2D eigenvalue weighted by atomic mass is 19.4. The van der Waals surface area contributed by atoms with Crippen LogP contribution in [0, 0.1) is 13.8 Å². The quantitative estimate of drug-likeness (QED) is 0.671. The van der Waals surface area contributed by atoms with Gasteiger partial charge in [0.1, 0.15) is 5.75 Å². The van der Waals surface area contributed by atoms with Gasteiger partial charge in [0, 0.05) is 17.8 Å². The molecule has 1 amide bonds. The molecule has 1 aromatic heterocycles. The van der Waals surface area contributed by atoms with Crippen LogP contribution in [0.1, 0.15) is 22.5 Å². The summed E-state index contributed by atoms with van der Waals surface area (Å²) in [6.07, 6.45) is -4.46. The van der Waals surface area contributed by atoms with E-state index in [1.807, 2.05) is 44.2 Å². The van der Waals surface area contributed by atoms with Crippen molar-refractivity contribution in [3.63, 3.8) is 0 Å². The van der Waals surface area contributed by atoms with Crippen LogP contribution in [0.15, 0.2) is 54.6 Å². The molecule has 3 aromatic rings. The summed E-state index contributed by atoms with van der Waals surface area (Å²) in [5.74, 6) is -0.451. The number of alkyl halides is 3. The number of ether oxygens (including phenoxy) is 1. The van der Waals surface area contributed by atoms with Gasteiger partial charge < -0.3 is 10.1 Å². The second-order valence-corrected chi connectivity index (χ2v) is 6.49. The van der Waals surface area contributed by atoms with Gasteiger partial charge in [0.25, 0.3) is 5.91 Å². The number of rotatable bonds is 6. The molecule has 3 rings (SSSR count). The van der Waals surface area contributed by atoms with Gasteiger partial charge in [-0.15, -0.1) is 0 Å². The first-order valence-corrected chi connectivity index (χ1v) is 8.93. The first-order valence-electron chi connectivity index (χ1n) is 8.93. The van der Waals surface area contributed by atoms with Crippen molar-refractivity contribution in [3.05, 3.63) is 77.1 Å². The molecule has 0 radical (unpaired) electrons. The molecule has 1 heterocycles. The van der Waals surface area contributed by atoms with Gasteiger partial charge in [0.15, 0.2) is 6.61 Å². The van der Waals surface area contributed by atoms with E-state index in [4.69, 9.17) is 4.74 Å². The van der Waals surface area contributed by atoms with E-state index in [9.17, 15) is 18.0 Å². The Labute approximate surface area is 166 Å². The fraction of sp³-hybridized carbons (Fsp3) is 0.238. The molecule has 0 bridgehead atoms. The molecular formula is C21H20F3N3O2. The van der Waals surface area contributed by atoms with Crippen molar-refractivity contribution < 1.29 is 22.7 Å². The zero-order chi connectivity index (χ0) is 21.0. The summed E-state index contributed by atoms with van der Waals surface area (Å²) in [5, 5.41) is 7.23. The maximum absolute atomic E-state index is 12.7. The summed E-state index contributed by atoms with van der Waals surface area (Å²) in [6, 6.07) is 14.0. The highest BCUT2D eigenvalue weighted by Gasteiger charge is 2.30. The minimum Gasteiger partial charge on any atom is -0.484 e. The smallest absolute Gasteiger partial charge is 0.416 e. The van der Waals surface area contributed by atoms with Gasteiger partial charge in [-0.05, 0) is 44.2 Å². The summed E-state index contributed by atoms with van der Waals surface area (Å²) in [4.78, 5) is 12.1. The molecule has 2 aromatic carbocycles. The average molecular weight is 403 g/mol. The molecule has 0 spiro atoms. The van der Waals surface area contributed by atoms with Gasteiger partial charge in [-0.2, -0.15) is 18.3 Å². The molecule has 0 aliphatic heterocycles. The van der Waals surface area contributed by atoms with E-state index in [2.05, 4.69) is 10.4 Å². The Balaban J connectivity index is 1.60. The molecule has 0 saturated carbocycles. The molecule has 0 fully saturated rings. The maximum atomic E-state index is 12.7. The van der Waals surface area contributed by atoms with E-state index >= 15 is 0 Å². The van der Waals surface area contributed by atoms with E-state index < -0.39 is 17.6 Å². The van der Waals surface area contributed by atoms with E-state index in [0.29, 0.717) is 0 Å². The zero-order valence-electron chi connectivity index (χ0n) is 16.0. The van der Waals surface area contributed by atoms with E-state index in [-0.39, 0.29) is 18.9 Å². The number of para-hydroxylation sites is 1. The largest absolute Gasteiger partial charge is 0.484 e. The normalized spacial score (nSPS) is 11.3. The molecule has 0 saturated heterocycles. The van der Waals surface area contributed by atoms with Crippen LogP contribution in [0.3, 0.4) is 0 Å². The van der Waals surface area contributed by atoms with Crippen LogP contribution < -0.4 is 10.1 Å². The summed E-state index contributed by atoms with van der Waals surface area (Å²) in [6.45, 7) is 3.63. The highest BCUT2D eigenvalue weighted by Crippen LogP contribution is 2.31. The van der Waals surface area contributed by atoms with E-state index in [1.165, 1.54) is 12.1 Å². The van der Waals surface area contributed by atoms with Crippen molar-refractivity contribution in [3.8, 4) is 11.4 Å². The molecular weight excluding hydrogens is 383 g/mol. The van der Waals surface area contributed by atoms with Crippen molar-refractivity contribution in [1.29, 1.82) is 0 Å². The number of amides is 1.